The number of hydrogen-bond donors (Lipinski definition) is 2. The van der Waals surface area contributed by atoms with Gasteiger partial charge in [0.1, 0.15) is 5.82 Å². The molecule has 0 spiro atoms. The van der Waals surface area contributed by atoms with Gasteiger partial charge in [-0.25, -0.2) is 4.98 Å². The summed E-state index contributed by atoms with van der Waals surface area (Å²) in [5.41, 5.74) is 0. The van der Waals surface area contributed by atoms with Gasteiger partial charge in [0.25, 0.3) is 0 Å². The smallest absolute Gasteiger partial charge is 0.239 e. The van der Waals surface area contributed by atoms with Crippen molar-refractivity contribution in [2.75, 3.05) is 31.5 Å². The molecule has 0 bridgehead atoms. The number of piperazine rings is 1. The van der Waals surface area contributed by atoms with Gasteiger partial charge in [-0.2, -0.15) is 0 Å². The lowest BCUT2D eigenvalue weighted by atomic mass is 10.2. The first kappa shape index (κ1) is 19.4. The summed E-state index contributed by atoms with van der Waals surface area (Å²) < 4.78 is 0. The molecule has 114 valence electrons. The van der Waals surface area contributed by atoms with E-state index in [4.69, 9.17) is 11.6 Å². The van der Waals surface area contributed by atoms with Crippen molar-refractivity contribution in [2.24, 2.45) is 0 Å². The summed E-state index contributed by atoms with van der Waals surface area (Å²) in [7, 11) is 0. The number of nitrogens with zero attached hydrogens (tertiary/aromatic N) is 2. The summed E-state index contributed by atoms with van der Waals surface area (Å²) in [6.45, 7) is 5.25. The number of pyridine rings is 1. The van der Waals surface area contributed by atoms with E-state index in [0.717, 1.165) is 19.6 Å². The lowest BCUT2D eigenvalue weighted by molar-refractivity contribution is -0.118. The number of anilines is 1. The Labute approximate surface area is 136 Å². The minimum atomic E-state index is -0.0430. The molecule has 1 amide bonds. The number of carbonyl (C=O) groups is 1. The van der Waals surface area contributed by atoms with E-state index in [1.54, 1.807) is 12.1 Å². The maximum atomic E-state index is 11.9. The van der Waals surface area contributed by atoms with E-state index in [-0.39, 0.29) is 30.7 Å². The van der Waals surface area contributed by atoms with Crippen LogP contribution in [0.5, 0.6) is 0 Å². The molecule has 1 aromatic rings. The minimum Gasteiger partial charge on any atom is -0.314 e. The summed E-state index contributed by atoms with van der Waals surface area (Å²) in [4.78, 5) is 18.1. The zero-order valence-corrected chi connectivity index (χ0v) is 13.5. The second-order valence-electron chi connectivity index (χ2n) is 4.43. The third-order valence-corrected chi connectivity index (χ3v) is 3.20. The molecule has 1 aliphatic rings. The summed E-state index contributed by atoms with van der Waals surface area (Å²) in [6.07, 6.45) is 1.52. The van der Waals surface area contributed by atoms with Crippen LogP contribution in [0.15, 0.2) is 18.3 Å². The van der Waals surface area contributed by atoms with Gasteiger partial charge in [-0.3, -0.25) is 9.69 Å². The Bertz CT molecular complexity index is 416. The Morgan fingerprint density at radius 2 is 2.30 bits per heavy atom. The molecule has 20 heavy (non-hydrogen) atoms. The predicted octanol–water partition coefficient (Wildman–Crippen LogP) is 1.81. The normalized spacial score (nSPS) is 18.6. The number of carbonyl (C=O) groups excluding carboxylic acids is 1. The van der Waals surface area contributed by atoms with Crippen molar-refractivity contribution in [3.8, 4) is 0 Å². The van der Waals surface area contributed by atoms with Gasteiger partial charge < -0.3 is 10.6 Å². The first-order valence-corrected chi connectivity index (χ1v) is 6.39. The van der Waals surface area contributed by atoms with E-state index < -0.39 is 0 Å². The van der Waals surface area contributed by atoms with Crippen LogP contribution in [0.25, 0.3) is 0 Å². The third kappa shape index (κ3) is 5.81. The lowest BCUT2D eigenvalue weighted by Crippen LogP contribution is -2.52. The number of aromatic nitrogens is 1. The van der Waals surface area contributed by atoms with Gasteiger partial charge in [0.2, 0.25) is 5.91 Å². The molecule has 2 rings (SSSR count). The van der Waals surface area contributed by atoms with Crippen LogP contribution < -0.4 is 10.6 Å². The highest BCUT2D eigenvalue weighted by atomic mass is 35.5. The van der Waals surface area contributed by atoms with Gasteiger partial charge in [0, 0.05) is 31.9 Å². The van der Waals surface area contributed by atoms with Crippen molar-refractivity contribution >= 4 is 48.1 Å². The van der Waals surface area contributed by atoms with Gasteiger partial charge in [0.15, 0.2) is 0 Å². The van der Waals surface area contributed by atoms with E-state index in [1.165, 1.54) is 6.20 Å². The molecule has 1 saturated heterocycles. The highest BCUT2D eigenvalue weighted by Crippen LogP contribution is 2.10. The standard InChI is InChI=1S/C12H17ClN4O.2ClH/c1-9-6-14-4-5-17(9)8-12(18)16-11-3-2-10(13)7-15-11;;/h2-3,7,9,14H,4-6,8H2,1H3,(H,15,16,18);2*1H/t9-;;/m1../s1. The van der Waals surface area contributed by atoms with E-state index >= 15 is 0 Å². The van der Waals surface area contributed by atoms with Crippen molar-refractivity contribution < 1.29 is 4.79 Å². The molecule has 0 aromatic carbocycles. The summed E-state index contributed by atoms with van der Waals surface area (Å²) in [6, 6.07) is 3.78. The number of hydrogen-bond acceptors (Lipinski definition) is 4. The van der Waals surface area contributed by atoms with Crippen molar-refractivity contribution in [2.45, 2.75) is 13.0 Å². The van der Waals surface area contributed by atoms with Crippen LogP contribution in [0.1, 0.15) is 6.92 Å². The number of nitrogens with one attached hydrogen (secondary N) is 2. The molecule has 1 aromatic heterocycles. The van der Waals surface area contributed by atoms with Gasteiger partial charge in [-0.15, -0.1) is 24.8 Å². The lowest BCUT2D eigenvalue weighted by Gasteiger charge is -2.33. The fraction of sp³-hybridized carbons (Fsp3) is 0.500. The first-order valence-electron chi connectivity index (χ1n) is 6.01. The van der Waals surface area contributed by atoms with Crippen LogP contribution in [-0.4, -0.2) is 48.0 Å². The van der Waals surface area contributed by atoms with E-state index in [1.807, 2.05) is 0 Å². The second-order valence-corrected chi connectivity index (χ2v) is 4.87. The number of amides is 1. The van der Waals surface area contributed by atoms with Crippen molar-refractivity contribution in [3.63, 3.8) is 0 Å². The molecule has 1 aliphatic heterocycles. The fourth-order valence-electron chi connectivity index (χ4n) is 1.93. The summed E-state index contributed by atoms with van der Waals surface area (Å²) >= 11 is 5.73. The molecule has 0 unspecified atom stereocenters. The Hall–Kier alpha value is -0.590. The van der Waals surface area contributed by atoms with Gasteiger partial charge in [0.05, 0.1) is 11.6 Å². The van der Waals surface area contributed by atoms with Crippen LogP contribution in [0.4, 0.5) is 5.82 Å². The van der Waals surface area contributed by atoms with Gasteiger partial charge in [-0.1, -0.05) is 11.6 Å². The SMILES string of the molecule is C[C@@H]1CNCCN1CC(=O)Nc1ccc(Cl)cn1.Cl.Cl. The van der Waals surface area contributed by atoms with E-state index in [9.17, 15) is 4.79 Å². The average molecular weight is 342 g/mol. The third-order valence-electron chi connectivity index (χ3n) is 2.98. The van der Waals surface area contributed by atoms with Crippen molar-refractivity contribution in [1.82, 2.24) is 15.2 Å². The molecule has 2 heterocycles. The van der Waals surface area contributed by atoms with Crippen molar-refractivity contribution in [1.29, 1.82) is 0 Å². The van der Waals surface area contributed by atoms with Gasteiger partial charge in [-0.05, 0) is 19.1 Å². The zero-order valence-electron chi connectivity index (χ0n) is 11.1. The fourth-order valence-corrected chi connectivity index (χ4v) is 2.05. The monoisotopic (exact) mass is 340 g/mol. The topological polar surface area (TPSA) is 57.3 Å². The highest BCUT2D eigenvalue weighted by Gasteiger charge is 2.20. The zero-order chi connectivity index (χ0) is 13.0. The Balaban J connectivity index is 0.00000180. The quantitative estimate of drug-likeness (QED) is 0.880. The average Bonchev–Trinajstić information content (AvgIpc) is 2.35. The number of rotatable bonds is 3. The van der Waals surface area contributed by atoms with Crippen LogP contribution in [0.2, 0.25) is 5.02 Å². The van der Waals surface area contributed by atoms with Crippen LogP contribution >= 0.6 is 36.4 Å². The molecule has 0 radical (unpaired) electrons. The molecule has 0 saturated carbocycles. The van der Waals surface area contributed by atoms with Crippen LogP contribution in [0, 0.1) is 0 Å². The van der Waals surface area contributed by atoms with E-state index in [2.05, 4.69) is 27.4 Å². The van der Waals surface area contributed by atoms with Crippen LogP contribution in [-0.2, 0) is 4.79 Å². The molecule has 8 heteroatoms. The van der Waals surface area contributed by atoms with Crippen molar-refractivity contribution in [3.05, 3.63) is 23.4 Å². The minimum absolute atomic E-state index is 0. The second kappa shape index (κ2) is 9.37. The summed E-state index contributed by atoms with van der Waals surface area (Å²) in [5, 5.41) is 6.62. The van der Waals surface area contributed by atoms with E-state index in [0.29, 0.717) is 23.4 Å². The molecule has 5 nitrogen and oxygen atoms in total. The Morgan fingerprint density at radius 1 is 1.55 bits per heavy atom. The van der Waals surface area contributed by atoms with Crippen LogP contribution in [0.3, 0.4) is 0 Å². The molecular weight excluding hydrogens is 323 g/mol. The molecular formula is C12H19Cl3N4O. The maximum Gasteiger partial charge on any atom is 0.239 e. The largest absolute Gasteiger partial charge is 0.314 e. The molecule has 0 aliphatic carbocycles. The Morgan fingerprint density at radius 3 is 2.90 bits per heavy atom. The molecule has 1 fully saturated rings. The van der Waals surface area contributed by atoms with Gasteiger partial charge >= 0.3 is 0 Å². The highest BCUT2D eigenvalue weighted by molar-refractivity contribution is 6.30. The molecule has 1 atom stereocenters. The molecule has 2 N–H and O–H groups in total. The summed E-state index contributed by atoms with van der Waals surface area (Å²) in [5.74, 6) is 0.491. The predicted molar refractivity (Wildman–Crippen MR) is 86.3 cm³/mol. The number of halogens is 3. The first-order chi connectivity index (χ1) is 8.65. The maximum absolute atomic E-state index is 11.9. The Kier molecular flexibility index (Phi) is 9.09.